The summed E-state index contributed by atoms with van der Waals surface area (Å²) in [6, 6.07) is 34.3. The molecule has 2 heteroatoms. The lowest BCUT2D eigenvalue weighted by atomic mass is 9.68. The van der Waals surface area contributed by atoms with E-state index in [2.05, 4.69) is 107 Å². The lowest BCUT2D eigenvalue weighted by Crippen LogP contribution is -2.28. The number of fused-ring (bicyclic) bond motifs is 3. The van der Waals surface area contributed by atoms with E-state index >= 15 is 0 Å². The van der Waals surface area contributed by atoms with Gasteiger partial charge in [0, 0.05) is 9.50 Å². The smallest absolute Gasteiger partial charge is 0.0714 e. The summed E-state index contributed by atoms with van der Waals surface area (Å²) >= 11 is 10.2. The van der Waals surface area contributed by atoms with Crippen LogP contribution in [0.25, 0.3) is 11.1 Å². The average Bonchev–Trinajstić information content (AvgIpc) is 2.99. The molecule has 0 aliphatic heterocycles. The highest BCUT2D eigenvalue weighted by Gasteiger charge is 2.46. The molecule has 4 aromatic rings. The van der Waals surface area contributed by atoms with E-state index in [9.17, 15) is 0 Å². The lowest BCUT2D eigenvalue weighted by Gasteiger charge is -2.34. The molecule has 0 saturated carbocycles. The Kier molecular flexibility index (Phi) is 3.96. The van der Waals surface area contributed by atoms with Crippen molar-refractivity contribution in [2.24, 2.45) is 0 Å². The first kappa shape index (κ1) is 16.8. The zero-order valence-electron chi connectivity index (χ0n) is 14.5. The van der Waals surface area contributed by atoms with E-state index in [0.29, 0.717) is 0 Å². The fourth-order valence-electron chi connectivity index (χ4n) is 4.45. The molecule has 0 N–H and O–H groups in total. The number of hydrogen-bond donors (Lipinski definition) is 0. The van der Waals surface area contributed by atoms with Crippen LogP contribution in [0.3, 0.4) is 0 Å². The monoisotopic (exact) mass is 430 g/mol. The summed E-state index contributed by atoms with van der Waals surface area (Å²) < 4.78 is 1.07. The quantitative estimate of drug-likeness (QED) is 0.272. The van der Waals surface area contributed by atoms with Gasteiger partial charge in [-0.15, -0.1) is 0 Å². The normalized spacial score (nSPS) is 17.4. The third kappa shape index (κ3) is 2.42. The van der Waals surface area contributed by atoms with Gasteiger partial charge in [0.05, 0.1) is 5.41 Å². The zero-order chi connectivity index (χ0) is 18.4. The minimum Gasteiger partial charge on any atom is -0.0843 e. The first-order chi connectivity index (χ1) is 13.2. The van der Waals surface area contributed by atoms with Gasteiger partial charge in [-0.25, -0.2) is 0 Å². The second-order valence-electron chi connectivity index (χ2n) is 6.86. The van der Waals surface area contributed by atoms with Crippen LogP contribution in [0, 0.1) is 0 Å². The molecule has 4 aromatic carbocycles. The number of rotatable bonds is 2. The Labute approximate surface area is 172 Å². The Morgan fingerprint density at radius 1 is 0.593 bits per heavy atom. The molecule has 0 saturated heterocycles. The molecule has 0 fully saturated rings. The van der Waals surface area contributed by atoms with E-state index in [1.165, 1.54) is 33.4 Å². The Hall–Kier alpha value is -2.35. The van der Waals surface area contributed by atoms with Crippen molar-refractivity contribution in [3.8, 4) is 11.1 Å². The summed E-state index contributed by atoms with van der Waals surface area (Å²) in [6.07, 6.45) is 0. The van der Waals surface area contributed by atoms with Crippen molar-refractivity contribution in [3.63, 3.8) is 0 Å². The van der Waals surface area contributed by atoms with Crippen LogP contribution in [-0.2, 0) is 5.41 Å². The second-order valence-corrected chi connectivity index (χ2v) is 8.21. The summed E-state index contributed by atoms with van der Waals surface area (Å²) in [5.74, 6) is 0. The predicted octanol–water partition coefficient (Wildman–Crippen LogP) is 7.47. The third-order valence-electron chi connectivity index (χ3n) is 5.47. The largest absolute Gasteiger partial charge is 0.0843 e. The zero-order valence-corrected chi connectivity index (χ0v) is 16.8. The molecule has 0 nitrogen and oxygen atoms in total. The molecule has 1 unspecified atom stereocenters. The highest BCUT2D eigenvalue weighted by atomic mass is 79.9. The maximum Gasteiger partial charge on any atom is 0.0714 e. The van der Waals surface area contributed by atoms with E-state index in [0.717, 1.165) is 9.50 Å². The van der Waals surface area contributed by atoms with Crippen LogP contribution in [0.1, 0.15) is 22.3 Å². The molecule has 1 atom stereocenters. The topological polar surface area (TPSA) is 0 Å². The maximum atomic E-state index is 6.49. The molecular formula is C25H16BrCl. The van der Waals surface area contributed by atoms with Gasteiger partial charge in [-0.1, -0.05) is 100 Å². The van der Waals surface area contributed by atoms with E-state index in [-0.39, 0.29) is 5.41 Å². The van der Waals surface area contributed by atoms with Gasteiger partial charge < -0.3 is 0 Å². The molecule has 0 radical (unpaired) electrons. The molecular weight excluding hydrogens is 416 g/mol. The van der Waals surface area contributed by atoms with E-state index in [4.69, 9.17) is 11.6 Å². The molecule has 0 heterocycles. The molecule has 0 aromatic heterocycles. The molecule has 130 valence electrons. The second kappa shape index (κ2) is 6.37. The molecule has 27 heavy (non-hydrogen) atoms. The molecule has 5 rings (SSSR count). The minimum absolute atomic E-state index is 0.387. The molecule has 0 bridgehead atoms. The number of benzene rings is 4. The van der Waals surface area contributed by atoms with Crippen molar-refractivity contribution >= 4 is 27.5 Å². The van der Waals surface area contributed by atoms with Crippen molar-refractivity contribution in [2.45, 2.75) is 5.41 Å². The van der Waals surface area contributed by atoms with Crippen LogP contribution in [0.4, 0.5) is 0 Å². The fraction of sp³-hybridized carbons (Fsp3) is 0.0400. The highest BCUT2D eigenvalue weighted by molar-refractivity contribution is 9.10. The Morgan fingerprint density at radius 2 is 1.30 bits per heavy atom. The van der Waals surface area contributed by atoms with Crippen LogP contribution in [0.5, 0.6) is 0 Å². The van der Waals surface area contributed by atoms with Gasteiger partial charge in [-0.2, -0.15) is 0 Å². The van der Waals surface area contributed by atoms with E-state index in [1.807, 2.05) is 6.07 Å². The summed E-state index contributed by atoms with van der Waals surface area (Å²) in [6.45, 7) is 0. The molecule has 1 aliphatic carbocycles. The summed E-state index contributed by atoms with van der Waals surface area (Å²) in [7, 11) is 0. The van der Waals surface area contributed by atoms with Crippen LogP contribution in [-0.4, -0.2) is 0 Å². The Bertz CT molecular complexity index is 1150. The minimum atomic E-state index is -0.387. The summed E-state index contributed by atoms with van der Waals surface area (Å²) in [4.78, 5) is 0. The summed E-state index contributed by atoms with van der Waals surface area (Å²) in [5, 5.41) is 0.761. The van der Waals surface area contributed by atoms with Gasteiger partial charge in [0.2, 0.25) is 0 Å². The van der Waals surface area contributed by atoms with Crippen LogP contribution in [0.15, 0.2) is 102 Å². The van der Waals surface area contributed by atoms with Crippen LogP contribution < -0.4 is 0 Å². The van der Waals surface area contributed by atoms with Crippen LogP contribution >= 0.6 is 27.5 Å². The number of hydrogen-bond acceptors (Lipinski definition) is 0. The molecule has 0 spiro atoms. The lowest BCUT2D eigenvalue weighted by molar-refractivity contribution is 0.768. The van der Waals surface area contributed by atoms with Crippen LogP contribution in [0.2, 0.25) is 5.02 Å². The number of halogens is 2. The van der Waals surface area contributed by atoms with Gasteiger partial charge in [-0.3, -0.25) is 0 Å². The fourth-order valence-corrected chi connectivity index (χ4v) is 5.02. The maximum absolute atomic E-state index is 6.49. The Morgan fingerprint density at radius 3 is 2.11 bits per heavy atom. The Balaban J connectivity index is 1.99. The highest BCUT2D eigenvalue weighted by Crippen LogP contribution is 2.56. The SMILES string of the molecule is Clc1ccc2c(c1)C(c1ccccc1)(c1cccc(Br)c1)c1ccccc1-2. The third-order valence-corrected chi connectivity index (χ3v) is 6.20. The van der Waals surface area contributed by atoms with E-state index in [1.54, 1.807) is 0 Å². The van der Waals surface area contributed by atoms with E-state index < -0.39 is 0 Å². The summed E-state index contributed by atoms with van der Waals surface area (Å²) in [5.41, 5.74) is 7.15. The van der Waals surface area contributed by atoms with Gasteiger partial charge in [0.25, 0.3) is 0 Å². The first-order valence-corrected chi connectivity index (χ1v) is 10.1. The molecule has 1 aliphatic rings. The van der Waals surface area contributed by atoms with Crippen molar-refractivity contribution in [3.05, 3.63) is 129 Å². The van der Waals surface area contributed by atoms with Crippen molar-refractivity contribution < 1.29 is 0 Å². The molecule has 0 amide bonds. The van der Waals surface area contributed by atoms with Crippen molar-refractivity contribution in [2.75, 3.05) is 0 Å². The standard InChI is InChI=1S/C25H16BrCl/c26-19-10-6-9-18(15-19)25(17-7-2-1-3-8-17)23-12-5-4-11-21(23)22-14-13-20(27)16-24(22)25/h1-16H. The van der Waals surface area contributed by atoms with Gasteiger partial charge >= 0.3 is 0 Å². The van der Waals surface area contributed by atoms with Crippen molar-refractivity contribution in [1.29, 1.82) is 0 Å². The van der Waals surface area contributed by atoms with Gasteiger partial charge in [0.1, 0.15) is 0 Å². The predicted molar refractivity (Wildman–Crippen MR) is 116 cm³/mol. The van der Waals surface area contributed by atoms with Crippen molar-refractivity contribution in [1.82, 2.24) is 0 Å². The first-order valence-electron chi connectivity index (χ1n) is 8.93. The van der Waals surface area contributed by atoms with Gasteiger partial charge in [-0.05, 0) is 57.6 Å². The average molecular weight is 432 g/mol. The van der Waals surface area contributed by atoms with Gasteiger partial charge in [0.15, 0.2) is 0 Å².